The van der Waals surface area contributed by atoms with Crippen molar-refractivity contribution in [2.75, 3.05) is 38.6 Å². The molecule has 0 radical (unpaired) electrons. The molecule has 2 N–H and O–H groups in total. The van der Waals surface area contributed by atoms with Crippen LogP contribution in [0.2, 0.25) is 0 Å². The van der Waals surface area contributed by atoms with Crippen molar-refractivity contribution in [3.63, 3.8) is 0 Å². The first-order valence-corrected chi connectivity index (χ1v) is 12.3. The fraction of sp³-hybridized carbons (Fsp3) is 0.545. The smallest absolute Gasteiger partial charge is 0.267 e. The maximum Gasteiger partial charge on any atom is 0.267 e. The van der Waals surface area contributed by atoms with E-state index < -0.39 is 10.0 Å². The standard InChI is InChI=1S/C22H32N4O6S/c1-13-10-23-14(2)12-31-19-8-7-17(9-18(19)22(27)26(5)11-20(13)30-6)25-33(28,29)21-15(3)24-32-16(21)4/h7-9,13-14,20,23,25H,10-12H2,1-6H3/t13-,14+,20+/m1/s1. The first kappa shape index (κ1) is 25.0. The second-order valence-corrected chi connectivity index (χ2v) is 10.1. The second kappa shape index (κ2) is 10.1. The predicted octanol–water partition coefficient (Wildman–Crippen LogP) is 2.19. The van der Waals surface area contributed by atoms with Gasteiger partial charge in [0.2, 0.25) is 0 Å². The number of likely N-dealkylation sites (N-methyl/N-ethyl adjacent to an activating group) is 1. The van der Waals surface area contributed by atoms with Gasteiger partial charge in [0, 0.05) is 39.0 Å². The van der Waals surface area contributed by atoms with E-state index in [-0.39, 0.29) is 51.6 Å². The van der Waals surface area contributed by atoms with Crippen LogP contribution >= 0.6 is 0 Å². The van der Waals surface area contributed by atoms with Crippen LogP contribution in [0, 0.1) is 19.8 Å². The molecule has 0 spiro atoms. The van der Waals surface area contributed by atoms with Crippen LogP contribution in [0.15, 0.2) is 27.6 Å². The number of nitrogens with zero attached hydrogens (tertiary/aromatic N) is 2. The molecular weight excluding hydrogens is 448 g/mol. The molecule has 3 rings (SSSR count). The van der Waals surface area contributed by atoms with E-state index in [2.05, 4.69) is 22.1 Å². The van der Waals surface area contributed by atoms with Gasteiger partial charge >= 0.3 is 0 Å². The number of hydrogen-bond donors (Lipinski definition) is 2. The van der Waals surface area contributed by atoms with Crippen LogP contribution in [0.3, 0.4) is 0 Å². The Labute approximate surface area is 194 Å². The summed E-state index contributed by atoms with van der Waals surface area (Å²) in [6.07, 6.45) is -0.163. The molecule has 0 unspecified atom stereocenters. The minimum atomic E-state index is -3.96. The molecule has 2 heterocycles. The molecule has 0 bridgehead atoms. The van der Waals surface area contributed by atoms with Crippen molar-refractivity contribution >= 4 is 21.6 Å². The Balaban J connectivity index is 1.96. The molecule has 182 valence electrons. The number of hydrogen-bond acceptors (Lipinski definition) is 8. The van der Waals surface area contributed by atoms with Gasteiger partial charge in [0.1, 0.15) is 18.1 Å². The molecule has 33 heavy (non-hydrogen) atoms. The summed E-state index contributed by atoms with van der Waals surface area (Å²) in [5, 5.41) is 7.14. The normalized spacial score (nSPS) is 22.7. The van der Waals surface area contributed by atoms with Crippen LogP contribution < -0.4 is 14.8 Å². The second-order valence-electron chi connectivity index (χ2n) is 8.53. The number of aryl methyl sites for hydroxylation is 2. The van der Waals surface area contributed by atoms with Crippen LogP contribution in [0.5, 0.6) is 5.75 Å². The van der Waals surface area contributed by atoms with Gasteiger partial charge in [0.05, 0.1) is 11.7 Å². The van der Waals surface area contributed by atoms with Gasteiger partial charge in [0.25, 0.3) is 15.9 Å². The summed E-state index contributed by atoms with van der Waals surface area (Å²) >= 11 is 0. The quantitative estimate of drug-likeness (QED) is 0.683. The lowest BCUT2D eigenvalue weighted by Gasteiger charge is -2.30. The number of amides is 1. The van der Waals surface area contributed by atoms with Crippen LogP contribution in [-0.2, 0) is 14.8 Å². The van der Waals surface area contributed by atoms with Gasteiger partial charge in [-0.2, -0.15) is 0 Å². The van der Waals surface area contributed by atoms with Crippen LogP contribution in [0.25, 0.3) is 0 Å². The summed E-state index contributed by atoms with van der Waals surface area (Å²) in [5.41, 5.74) is 0.743. The number of ether oxygens (including phenoxy) is 2. The van der Waals surface area contributed by atoms with E-state index in [1.54, 1.807) is 38.1 Å². The predicted molar refractivity (Wildman–Crippen MR) is 123 cm³/mol. The minimum Gasteiger partial charge on any atom is -0.491 e. The van der Waals surface area contributed by atoms with Gasteiger partial charge in [-0.1, -0.05) is 12.1 Å². The van der Waals surface area contributed by atoms with Crippen molar-refractivity contribution in [3.05, 3.63) is 35.2 Å². The maximum absolute atomic E-state index is 13.3. The highest BCUT2D eigenvalue weighted by Gasteiger charge is 2.27. The summed E-state index contributed by atoms with van der Waals surface area (Å²) in [6, 6.07) is 4.69. The molecule has 1 aliphatic heterocycles. The van der Waals surface area contributed by atoms with Crippen LogP contribution in [0.4, 0.5) is 5.69 Å². The summed E-state index contributed by atoms with van der Waals surface area (Å²) in [4.78, 5) is 14.9. The summed E-state index contributed by atoms with van der Waals surface area (Å²) in [5.74, 6) is 0.439. The Morgan fingerprint density at radius 2 is 2.00 bits per heavy atom. The maximum atomic E-state index is 13.3. The molecule has 0 saturated carbocycles. The van der Waals surface area contributed by atoms with Crippen molar-refractivity contribution in [1.82, 2.24) is 15.4 Å². The summed E-state index contributed by atoms with van der Waals surface area (Å²) in [7, 11) is -0.639. The third-order valence-electron chi connectivity index (χ3n) is 5.71. The zero-order valence-electron chi connectivity index (χ0n) is 19.8. The van der Waals surface area contributed by atoms with E-state index >= 15 is 0 Å². The zero-order chi connectivity index (χ0) is 24.3. The summed E-state index contributed by atoms with van der Waals surface area (Å²) < 4.78 is 44.9. The number of carbonyl (C=O) groups is 1. The van der Waals surface area contributed by atoms with Gasteiger partial charge in [-0.05, 0) is 44.9 Å². The fourth-order valence-electron chi connectivity index (χ4n) is 3.79. The molecule has 1 aromatic heterocycles. The van der Waals surface area contributed by atoms with E-state index in [0.29, 0.717) is 18.9 Å². The lowest BCUT2D eigenvalue weighted by molar-refractivity contribution is 0.0281. The van der Waals surface area contributed by atoms with Crippen molar-refractivity contribution in [3.8, 4) is 5.75 Å². The molecule has 1 aromatic carbocycles. The van der Waals surface area contributed by atoms with E-state index in [1.807, 2.05) is 6.92 Å². The van der Waals surface area contributed by atoms with Gasteiger partial charge in [-0.25, -0.2) is 8.42 Å². The van der Waals surface area contributed by atoms with Crippen molar-refractivity contribution in [2.24, 2.45) is 5.92 Å². The van der Waals surface area contributed by atoms with Gasteiger partial charge in [-0.3, -0.25) is 9.52 Å². The van der Waals surface area contributed by atoms with Crippen molar-refractivity contribution in [2.45, 2.75) is 44.7 Å². The SMILES string of the molecule is CO[C@H]1CN(C)C(=O)c2cc(NS(=O)(=O)c3c(C)noc3C)ccc2OC[C@H](C)NC[C@H]1C. The molecule has 10 nitrogen and oxygen atoms in total. The zero-order valence-corrected chi connectivity index (χ0v) is 20.7. The number of sulfonamides is 1. The third kappa shape index (κ3) is 5.66. The Hall–Kier alpha value is -2.63. The molecular formula is C22H32N4O6S. The highest BCUT2D eigenvalue weighted by molar-refractivity contribution is 7.92. The Kier molecular flexibility index (Phi) is 7.65. The molecule has 11 heteroatoms. The third-order valence-corrected chi connectivity index (χ3v) is 7.34. The number of benzene rings is 1. The number of nitrogens with one attached hydrogen (secondary N) is 2. The number of aromatic nitrogens is 1. The number of anilines is 1. The number of fused-ring (bicyclic) bond motifs is 1. The fourth-order valence-corrected chi connectivity index (χ4v) is 5.17. The molecule has 0 fully saturated rings. The average molecular weight is 481 g/mol. The van der Waals surface area contributed by atoms with Gasteiger partial charge in [0.15, 0.2) is 10.7 Å². The lowest BCUT2D eigenvalue weighted by Crippen LogP contribution is -2.44. The first-order chi connectivity index (χ1) is 15.5. The first-order valence-electron chi connectivity index (χ1n) is 10.8. The molecule has 3 atom stereocenters. The lowest BCUT2D eigenvalue weighted by atomic mass is 10.0. The van der Waals surface area contributed by atoms with Crippen molar-refractivity contribution in [1.29, 1.82) is 0 Å². The largest absolute Gasteiger partial charge is 0.491 e. The van der Waals surface area contributed by atoms with E-state index in [4.69, 9.17) is 14.0 Å². The van der Waals surface area contributed by atoms with E-state index in [0.717, 1.165) is 6.54 Å². The molecule has 0 aliphatic carbocycles. The minimum absolute atomic E-state index is 0.0215. The Bertz CT molecular complexity index is 1080. The monoisotopic (exact) mass is 480 g/mol. The van der Waals surface area contributed by atoms with Gasteiger partial charge in [-0.15, -0.1) is 0 Å². The number of methoxy groups -OCH3 is 1. The van der Waals surface area contributed by atoms with Crippen molar-refractivity contribution < 1.29 is 27.2 Å². The highest BCUT2D eigenvalue weighted by atomic mass is 32.2. The van der Waals surface area contributed by atoms with Gasteiger partial charge < -0.3 is 24.2 Å². The molecule has 1 aliphatic rings. The number of carbonyl (C=O) groups excluding carboxylic acids is 1. The molecule has 2 aromatic rings. The topological polar surface area (TPSA) is 123 Å². The Morgan fingerprint density at radius 1 is 1.27 bits per heavy atom. The number of rotatable bonds is 4. The Morgan fingerprint density at radius 3 is 2.64 bits per heavy atom. The van der Waals surface area contributed by atoms with E-state index in [1.165, 1.54) is 13.0 Å². The molecule has 1 amide bonds. The highest BCUT2D eigenvalue weighted by Crippen LogP contribution is 2.28. The van der Waals surface area contributed by atoms with Crippen LogP contribution in [-0.4, -0.2) is 70.4 Å². The summed E-state index contributed by atoms with van der Waals surface area (Å²) in [6.45, 7) is 8.59. The average Bonchev–Trinajstić information content (AvgIpc) is 3.11. The van der Waals surface area contributed by atoms with E-state index in [9.17, 15) is 13.2 Å². The molecule has 0 saturated heterocycles. The van der Waals surface area contributed by atoms with Crippen LogP contribution in [0.1, 0.15) is 35.7 Å².